The van der Waals surface area contributed by atoms with Crippen LogP contribution >= 0.6 is 23.2 Å². The lowest BCUT2D eigenvalue weighted by Crippen LogP contribution is -2.56. The largest absolute Gasteiger partial charge is 0.480 e. The second-order valence-electron chi connectivity index (χ2n) is 9.81. The average Bonchev–Trinajstić information content (AvgIpc) is 2.86. The lowest BCUT2D eigenvalue weighted by atomic mass is 9.62. The zero-order chi connectivity index (χ0) is 26.9. The zero-order valence-electron chi connectivity index (χ0n) is 20.8. The Kier molecular flexibility index (Phi) is 7.92. The Balaban J connectivity index is 1.57. The number of halogens is 2. The molecule has 8 nitrogen and oxygen atoms in total. The first-order valence-electron chi connectivity index (χ1n) is 12.1. The number of carboxylic acid groups (broad SMARTS) is 1. The van der Waals surface area contributed by atoms with Crippen LogP contribution < -0.4 is 10.6 Å². The fraction of sp³-hybridized carbons (Fsp3) is 0.407. The van der Waals surface area contributed by atoms with Crippen molar-refractivity contribution in [2.24, 2.45) is 11.3 Å². The molecule has 1 spiro atoms. The van der Waals surface area contributed by atoms with E-state index in [0.29, 0.717) is 43.0 Å². The SMILES string of the molecule is CC1=C(N[C@H](C(=O)O)C(c2ccc(NC(=O)c3c(Cl)cncc3Cl)cc2)C(C)C)C2(CCOCC2)C1=O. The molecule has 3 N–H and O–H groups in total. The fourth-order valence-corrected chi connectivity index (χ4v) is 5.90. The van der Waals surface area contributed by atoms with Gasteiger partial charge in [-0.2, -0.15) is 0 Å². The van der Waals surface area contributed by atoms with E-state index in [9.17, 15) is 19.5 Å². The molecule has 1 aromatic heterocycles. The summed E-state index contributed by atoms with van der Waals surface area (Å²) in [5.41, 5.74) is 2.04. The summed E-state index contributed by atoms with van der Waals surface area (Å²) in [5, 5.41) is 16.5. The molecule has 4 rings (SSSR count). The van der Waals surface area contributed by atoms with Crippen LogP contribution in [0.4, 0.5) is 5.69 Å². The van der Waals surface area contributed by atoms with Gasteiger partial charge in [-0.15, -0.1) is 0 Å². The van der Waals surface area contributed by atoms with E-state index >= 15 is 0 Å². The van der Waals surface area contributed by atoms with Crippen molar-refractivity contribution in [1.82, 2.24) is 10.3 Å². The van der Waals surface area contributed by atoms with Crippen molar-refractivity contribution in [2.75, 3.05) is 18.5 Å². The molecule has 37 heavy (non-hydrogen) atoms. The molecule has 2 atom stereocenters. The first-order valence-corrected chi connectivity index (χ1v) is 12.9. The van der Waals surface area contributed by atoms with Crippen LogP contribution in [0.3, 0.4) is 0 Å². The molecule has 0 bridgehead atoms. The second kappa shape index (κ2) is 10.8. The number of carbonyl (C=O) groups excluding carboxylic acids is 2. The van der Waals surface area contributed by atoms with Gasteiger partial charge >= 0.3 is 5.97 Å². The molecule has 1 saturated heterocycles. The predicted octanol–water partition coefficient (Wildman–Crippen LogP) is 5.08. The monoisotopic (exact) mass is 545 g/mol. The number of benzene rings is 1. The number of hydrogen-bond donors (Lipinski definition) is 3. The third-order valence-corrected chi connectivity index (χ3v) is 7.83. The Morgan fingerprint density at radius 1 is 1.08 bits per heavy atom. The molecule has 1 fully saturated rings. The van der Waals surface area contributed by atoms with Crippen molar-refractivity contribution in [3.63, 3.8) is 0 Å². The Morgan fingerprint density at radius 2 is 1.68 bits per heavy atom. The predicted molar refractivity (Wildman–Crippen MR) is 141 cm³/mol. The van der Waals surface area contributed by atoms with Crippen LogP contribution in [0, 0.1) is 11.3 Å². The third-order valence-electron chi connectivity index (χ3n) is 7.25. The van der Waals surface area contributed by atoms with Crippen LogP contribution in [0.25, 0.3) is 0 Å². The molecule has 1 aromatic carbocycles. The van der Waals surface area contributed by atoms with Crippen molar-refractivity contribution in [3.05, 3.63) is 69.1 Å². The molecule has 1 amide bonds. The highest BCUT2D eigenvalue weighted by atomic mass is 35.5. The van der Waals surface area contributed by atoms with E-state index in [0.717, 1.165) is 5.56 Å². The van der Waals surface area contributed by atoms with Gasteiger partial charge in [-0.25, -0.2) is 4.79 Å². The van der Waals surface area contributed by atoms with Gasteiger partial charge in [-0.1, -0.05) is 49.2 Å². The van der Waals surface area contributed by atoms with Crippen LogP contribution in [0.1, 0.15) is 55.5 Å². The van der Waals surface area contributed by atoms with Crippen molar-refractivity contribution in [1.29, 1.82) is 0 Å². The van der Waals surface area contributed by atoms with E-state index in [4.69, 9.17) is 27.9 Å². The lowest BCUT2D eigenvalue weighted by Gasteiger charge is -2.47. The van der Waals surface area contributed by atoms with Crippen molar-refractivity contribution in [3.8, 4) is 0 Å². The van der Waals surface area contributed by atoms with Crippen molar-refractivity contribution in [2.45, 2.75) is 45.6 Å². The molecule has 1 aliphatic carbocycles. The number of amides is 1. The molecule has 10 heteroatoms. The summed E-state index contributed by atoms with van der Waals surface area (Å²) in [6, 6.07) is 6.06. The molecule has 1 unspecified atom stereocenters. The summed E-state index contributed by atoms with van der Waals surface area (Å²) in [5.74, 6) is -1.85. The summed E-state index contributed by atoms with van der Waals surface area (Å²) < 4.78 is 5.45. The summed E-state index contributed by atoms with van der Waals surface area (Å²) in [6.07, 6.45) is 3.78. The minimum absolute atomic E-state index is 0.0363. The van der Waals surface area contributed by atoms with Gasteiger partial charge in [-0.3, -0.25) is 14.6 Å². The van der Waals surface area contributed by atoms with Gasteiger partial charge in [0.25, 0.3) is 5.91 Å². The van der Waals surface area contributed by atoms with Crippen LogP contribution in [0.2, 0.25) is 10.0 Å². The van der Waals surface area contributed by atoms with Gasteiger partial charge in [0.05, 0.1) is 21.0 Å². The third kappa shape index (κ3) is 5.10. The molecule has 0 saturated carbocycles. The smallest absolute Gasteiger partial charge is 0.326 e. The normalized spacial score (nSPS) is 18.4. The average molecular weight is 546 g/mol. The number of hydrogen-bond acceptors (Lipinski definition) is 6. The van der Waals surface area contributed by atoms with Crippen LogP contribution in [-0.4, -0.2) is 47.0 Å². The van der Waals surface area contributed by atoms with E-state index in [1.165, 1.54) is 12.4 Å². The number of anilines is 1. The first kappa shape index (κ1) is 27.1. The van der Waals surface area contributed by atoms with Crippen LogP contribution in [0.15, 0.2) is 47.9 Å². The van der Waals surface area contributed by atoms with E-state index in [1.807, 2.05) is 13.8 Å². The lowest BCUT2D eigenvalue weighted by molar-refractivity contribution is -0.141. The number of nitrogens with one attached hydrogen (secondary N) is 2. The molecular weight excluding hydrogens is 517 g/mol. The minimum Gasteiger partial charge on any atom is -0.480 e. The van der Waals surface area contributed by atoms with Crippen molar-refractivity contribution < 1.29 is 24.2 Å². The zero-order valence-corrected chi connectivity index (χ0v) is 22.3. The molecule has 2 aromatic rings. The maximum Gasteiger partial charge on any atom is 0.326 e. The van der Waals surface area contributed by atoms with E-state index in [1.54, 1.807) is 31.2 Å². The Hall–Kier alpha value is -2.94. The molecule has 1 aliphatic heterocycles. The highest BCUT2D eigenvalue weighted by molar-refractivity contribution is 6.40. The number of allylic oxidation sites excluding steroid dienone is 2. The number of pyridine rings is 1. The standard InChI is InChI=1S/C27H29Cl2N3O5/c1-14(2)20(22(26(35)36)32-23-15(3)24(33)27(23)8-10-37-11-9-27)16-4-6-17(7-5-16)31-25(34)21-18(28)12-30-13-19(21)29/h4-7,12-14,20,22,32H,8-11H2,1-3H3,(H,31,34)(H,35,36)/t20?,22-/m0/s1. The van der Waals surface area contributed by atoms with E-state index in [-0.39, 0.29) is 27.3 Å². The van der Waals surface area contributed by atoms with Crippen molar-refractivity contribution >= 4 is 46.5 Å². The Bertz CT molecular complexity index is 1230. The molecule has 196 valence electrons. The Labute approximate surface area is 225 Å². The number of ketones is 1. The quantitative estimate of drug-likeness (QED) is 0.423. The maximum absolute atomic E-state index is 12.8. The first-order chi connectivity index (χ1) is 17.6. The van der Waals surface area contributed by atoms with Gasteiger partial charge in [-0.05, 0) is 43.4 Å². The number of nitrogens with zero attached hydrogens (tertiary/aromatic N) is 1. The fourth-order valence-electron chi connectivity index (χ4n) is 5.36. The highest BCUT2D eigenvalue weighted by Crippen LogP contribution is 2.49. The van der Waals surface area contributed by atoms with Crippen LogP contribution in [-0.2, 0) is 14.3 Å². The summed E-state index contributed by atoms with van der Waals surface area (Å²) in [4.78, 5) is 41.9. The number of aromatic nitrogens is 1. The van der Waals surface area contributed by atoms with Gasteiger partial charge in [0.2, 0.25) is 0 Å². The maximum atomic E-state index is 12.8. The van der Waals surface area contributed by atoms with Crippen LogP contribution in [0.5, 0.6) is 0 Å². The summed E-state index contributed by atoms with van der Waals surface area (Å²) in [7, 11) is 0. The van der Waals surface area contributed by atoms with Gasteiger partial charge in [0.1, 0.15) is 6.04 Å². The van der Waals surface area contributed by atoms with Gasteiger partial charge < -0.3 is 20.5 Å². The molecular formula is C27H29Cl2N3O5. The number of carboxylic acids is 1. The van der Waals surface area contributed by atoms with Gasteiger partial charge in [0.15, 0.2) is 5.78 Å². The number of carbonyl (C=O) groups is 3. The van der Waals surface area contributed by atoms with Gasteiger partial charge in [0, 0.05) is 48.5 Å². The highest BCUT2D eigenvalue weighted by Gasteiger charge is 2.53. The summed E-state index contributed by atoms with van der Waals surface area (Å²) in [6.45, 7) is 6.61. The molecule has 2 aliphatic rings. The number of aliphatic carboxylic acids is 1. The second-order valence-corrected chi connectivity index (χ2v) is 10.6. The van der Waals surface area contributed by atoms with E-state index in [2.05, 4.69) is 15.6 Å². The molecule has 0 radical (unpaired) electrons. The summed E-state index contributed by atoms with van der Waals surface area (Å²) >= 11 is 12.2. The Morgan fingerprint density at radius 3 is 2.22 bits per heavy atom. The minimum atomic E-state index is -1.00. The van der Waals surface area contributed by atoms with E-state index < -0.39 is 29.3 Å². The molecule has 2 heterocycles. The number of Topliss-reactive ketones (excluding diaryl/α,β-unsaturated/α-hetero) is 1. The number of rotatable bonds is 8. The topological polar surface area (TPSA) is 118 Å². The number of ether oxygens (including phenoxy) is 1.